The van der Waals surface area contributed by atoms with Gasteiger partial charge in [-0.25, -0.2) is 4.79 Å². The Kier molecular flexibility index (Phi) is 10.4. The number of nitrogens with one attached hydrogen (secondary N) is 1. The molecule has 6 heteroatoms. The molecule has 20 heavy (non-hydrogen) atoms. The van der Waals surface area contributed by atoms with Crippen LogP contribution < -0.4 is 5.32 Å². The lowest BCUT2D eigenvalue weighted by molar-refractivity contribution is -0.147. The molecule has 0 rings (SSSR count). The number of hydrogen-bond donors (Lipinski definition) is 1. The topological polar surface area (TPSA) is 81.7 Å². The van der Waals surface area contributed by atoms with Crippen LogP contribution in [0.25, 0.3) is 0 Å². The SMILES string of the molecule is CCCOC(=O)CCCC(=O)N[C@@H](C)C(=O)OCCC. The maximum absolute atomic E-state index is 11.6. The summed E-state index contributed by atoms with van der Waals surface area (Å²) in [5.41, 5.74) is 0. The minimum absolute atomic E-state index is 0.187. The lowest BCUT2D eigenvalue weighted by Gasteiger charge is -2.12. The molecule has 0 fully saturated rings. The maximum Gasteiger partial charge on any atom is 0.328 e. The molecule has 6 nitrogen and oxygen atoms in total. The van der Waals surface area contributed by atoms with Crippen molar-refractivity contribution >= 4 is 17.8 Å². The van der Waals surface area contributed by atoms with Crippen LogP contribution in [0.3, 0.4) is 0 Å². The van der Waals surface area contributed by atoms with Crippen LogP contribution >= 0.6 is 0 Å². The van der Waals surface area contributed by atoms with Crippen molar-refractivity contribution in [2.24, 2.45) is 0 Å². The van der Waals surface area contributed by atoms with Crippen molar-refractivity contribution in [3.05, 3.63) is 0 Å². The van der Waals surface area contributed by atoms with E-state index in [9.17, 15) is 14.4 Å². The summed E-state index contributed by atoms with van der Waals surface area (Å²) in [6.45, 7) is 6.15. The van der Waals surface area contributed by atoms with E-state index in [1.165, 1.54) is 0 Å². The minimum atomic E-state index is -0.666. The van der Waals surface area contributed by atoms with E-state index in [0.717, 1.165) is 12.8 Å². The summed E-state index contributed by atoms with van der Waals surface area (Å²) in [5, 5.41) is 2.54. The molecule has 0 aliphatic heterocycles. The minimum Gasteiger partial charge on any atom is -0.466 e. The highest BCUT2D eigenvalue weighted by Gasteiger charge is 2.16. The molecule has 0 aliphatic rings. The maximum atomic E-state index is 11.6. The first-order valence-corrected chi connectivity index (χ1v) is 7.12. The van der Waals surface area contributed by atoms with Crippen LogP contribution in [0.4, 0.5) is 0 Å². The number of rotatable bonds is 10. The molecule has 0 aromatic carbocycles. The Hall–Kier alpha value is -1.59. The second-order valence-corrected chi connectivity index (χ2v) is 4.53. The van der Waals surface area contributed by atoms with E-state index in [1.807, 2.05) is 13.8 Å². The molecule has 0 bridgehead atoms. The number of amides is 1. The van der Waals surface area contributed by atoms with Gasteiger partial charge in [-0.2, -0.15) is 0 Å². The summed E-state index contributed by atoms with van der Waals surface area (Å²) in [4.78, 5) is 34.2. The quantitative estimate of drug-likeness (QED) is 0.617. The predicted octanol–water partition coefficient (Wildman–Crippen LogP) is 1.57. The highest BCUT2D eigenvalue weighted by atomic mass is 16.5. The summed E-state index contributed by atoms with van der Waals surface area (Å²) in [6.07, 6.45) is 2.33. The van der Waals surface area contributed by atoms with Gasteiger partial charge in [0.1, 0.15) is 6.04 Å². The standard InChI is InChI=1S/C14H25NO5/c1-4-9-19-13(17)8-6-7-12(16)15-11(3)14(18)20-10-5-2/h11H,4-10H2,1-3H3,(H,15,16)/t11-/m0/s1. The average Bonchev–Trinajstić information content (AvgIpc) is 2.42. The second-order valence-electron chi connectivity index (χ2n) is 4.53. The van der Waals surface area contributed by atoms with Gasteiger partial charge in [-0.1, -0.05) is 13.8 Å². The molecule has 0 unspecified atom stereocenters. The number of ether oxygens (including phenoxy) is 2. The van der Waals surface area contributed by atoms with E-state index in [1.54, 1.807) is 6.92 Å². The molecular formula is C14H25NO5. The van der Waals surface area contributed by atoms with Gasteiger partial charge in [0.25, 0.3) is 0 Å². The molecular weight excluding hydrogens is 262 g/mol. The van der Waals surface area contributed by atoms with Crippen LogP contribution in [-0.4, -0.2) is 37.1 Å². The fraction of sp³-hybridized carbons (Fsp3) is 0.786. The van der Waals surface area contributed by atoms with E-state index < -0.39 is 12.0 Å². The van der Waals surface area contributed by atoms with Crippen molar-refractivity contribution in [3.63, 3.8) is 0 Å². The first-order chi connectivity index (χ1) is 9.51. The molecule has 0 radical (unpaired) electrons. The number of hydrogen-bond acceptors (Lipinski definition) is 5. The Morgan fingerprint density at radius 3 is 2.20 bits per heavy atom. The van der Waals surface area contributed by atoms with Gasteiger partial charge in [0.15, 0.2) is 0 Å². The van der Waals surface area contributed by atoms with Crippen molar-refractivity contribution in [1.82, 2.24) is 5.32 Å². The number of carbonyl (C=O) groups excluding carboxylic acids is 3. The zero-order chi connectivity index (χ0) is 15.4. The van der Waals surface area contributed by atoms with Crippen LogP contribution in [-0.2, 0) is 23.9 Å². The Morgan fingerprint density at radius 2 is 1.60 bits per heavy atom. The third-order valence-corrected chi connectivity index (χ3v) is 2.43. The van der Waals surface area contributed by atoms with Gasteiger partial charge in [-0.3, -0.25) is 9.59 Å². The van der Waals surface area contributed by atoms with Gasteiger partial charge in [0.05, 0.1) is 13.2 Å². The zero-order valence-electron chi connectivity index (χ0n) is 12.6. The van der Waals surface area contributed by atoms with Crippen LogP contribution in [0.15, 0.2) is 0 Å². The third kappa shape index (κ3) is 9.35. The van der Waals surface area contributed by atoms with Crippen molar-refractivity contribution in [3.8, 4) is 0 Å². The highest BCUT2D eigenvalue weighted by Crippen LogP contribution is 1.99. The van der Waals surface area contributed by atoms with E-state index in [2.05, 4.69) is 5.32 Å². The number of carbonyl (C=O) groups is 3. The Balaban J connectivity index is 3.77. The van der Waals surface area contributed by atoms with Gasteiger partial charge in [0.2, 0.25) is 5.91 Å². The molecule has 0 spiro atoms. The number of esters is 2. The van der Waals surface area contributed by atoms with Gasteiger partial charge in [-0.15, -0.1) is 0 Å². The van der Waals surface area contributed by atoms with Crippen LogP contribution in [0, 0.1) is 0 Å². The molecule has 116 valence electrons. The first-order valence-electron chi connectivity index (χ1n) is 7.12. The second kappa shape index (κ2) is 11.3. The third-order valence-electron chi connectivity index (χ3n) is 2.43. The molecule has 1 atom stereocenters. The van der Waals surface area contributed by atoms with Crippen molar-refractivity contribution < 1.29 is 23.9 Å². The van der Waals surface area contributed by atoms with Crippen molar-refractivity contribution in [2.45, 2.75) is 58.9 Å². The lowest BCUT2D eigenvalue weighted by atomic mass is 10.2. The lowest BCUT2D eigenvalue weighted by Crippen LogP contribution is -2.39. The molecule has 0 aliphatic carbocycles. The van der Waals surface area contributed by atoms with Gasteiger partial charge in [0, 0.05) is 12.8 Å². The van der Waals surface area contributed by atoms with Gasteiger partial charge in [-0.05, 0) is 26.2 Å². The van der Waals surface area contributed by atoms with E-state index in [4.69, 9.17) is 9.47 Å². The summed E-state index contributed by atoms with van der Waals surface area (Å²) in [6, 6.07) is -0.666. The fourth-order valence-corrected chi connectivity index (χ4v) is 1.38. The Morgan fingerprint density at radius 1 is 1.00 bits per heavy atom. The zero-order valence-corrected chi connectivity index (χ0v) is 12.6. The summed E-state index contributed by atoms with van der Waals surface area (Å²) in [5.74, 6) is -1.01. The summed E-state index contributed by atoms with van der Waals surface area (Å²) in [7, 11) is 0. The predicted molar refractivity (Wildman–Crippen MR) is 74.0 cm³/mol. The molecule has 0 saturated heterocycles. The Bertz CT molecular complexity index is 317. The smallest absolute Gasteiger partial charge is 0.328 e. The van der Waals surface area contributed by atoms with E-state index in [-0.39, 0.29) is 24.7 Å². The summed E-state index contributed by atoms with van der Waals surface area (Å²) >= 11 is 0. The van der Waals surface area contributed by atoms with Crippen molar-refractivity contribution in [1.29, 1.82) is 0 Å². The molecule has 1 N–H and O–H groups in total. The molecule has 0 saturated carbocycles. The van der Waals surface area contributed by atoms with E-state index >= 15 is 0 Å². The fourth-order valence-electron chi connectivity index (χ4n) is 1.38. The average molecular weight is 287 g/mol. The monoisotopic (exact) mass is 287 g/mol. The Labute approximate surface area is 120 Å². The molecule has 1 amide bonds. The van der Waals surface area contributed by atoms with Gasteiger partial charge < -0.3 is 14.8 Å². The van der Waals surface area contributed by atoms with Crippen molar-refractivity contribution in [2.75, 3.05) is 13.2 Å². The van der Waals surface area contributed by atoms with Crippen LogP contribution in [0.1, 0.15) is 52.9 Å². The van der Waals surface area contributed by atoms with Gasteiger partial charge >= 0.3 is 11.9 Å². The normalized spacial score (nSPS) is 11.6. The molecule has 0 heterocycles. The summed E-state index contributed by atoms with van der Waals surface area (Å²) < 4.78 is 9.80. The van der Waals surface area contributed by atoms with Crippen LogP contribution in [0.5, 0.6) is 0 Å². The molecule has 0 aromatic heterocycles. The first kappa shape index (κ1) is 18.4. The largest absolute Gasteiger partial charge is 0.466 e. The molecule has 0 aromatic rings. The van der Waals surface area contributed by atoms with E-state index in [0.29, 0.717) is 19.6 Å². The highest BCUT2D eigenvalue weighted by molar-refractivity contribution is 5.84. The van der Waals surface area contributed by atoms with Crippen LogP contribution in [0.2, 0.25) is 0 Å².